The minimum Gasteiger partial charge on any atom is -0.458 e. The average molecular weight is 508 g/mol. The Balaban J connectivity index is 1.46. The first kappa shape index (κ1) is 20.5. The van der Waals surface area contributed by atoms with Crippen LogP contribution < -0.4 is 21.1 Å². The summed E-state index contributed by atoms with van der Waals surface area (Å²) < 4.78 is 12.1. The first-order chi connectivity index (χ1) is 18.1. The highest BCUT2D eigenvalue weighted by molar-refractivity contribution is 7.26. The molecule has 0 fully saturated rings. The highest BCUT2D eigenvalue weighted by Crippen LogP contribution is 2.47. The molecule has 0 saturated heterocycles. The molecule has 0 saturated carbocycles. The van der Waals surface area contributed by atoms with Crippen LogP contribution in [0.2, 0.25) is 0 Å². The molecule has 0 spiro atoms. The van der Waals surface area contributed by atoms with Crippen LogP contribution in [0.5, 0.6) is 11.5 Å². The smallest absolute Gasteiger partial charge is 0.251 e. The lowest BCUT2D eigenvalue weighted by Crippen LogP contribution is -2.62. The highest BCUT2D eigenvalue weighted by atomic mass is 32.1. The van der Waals surface area contributed by atoms with Gasteiger partial charge >= 0.3 is 0 Å². The molecule has 0 atom stereocenters. The predicted octanol–water partition coefficient (Wildman–Crippen LogP) is 7.68. The molecule has 4 heterocycles. The molecule has 2 aliphatic heterocycles. The molecule has 0 unspecified atom stereocenters. The van der Waals surface area contributed by atoms with Crippen LogP contribution in [-0.4, -0.2) is 6.71 Å². The van der Waals surface area contributed by atoms with Crippen molar-refractivity contribution in [1.82, 2.24) is 0 Å². The number of rotatable bonds is 0. The van der Waals surface area contributed by atoms with Gasteiger partial charge in [-0.05, 0) is 46.3 Å². The zero-order chi connectivity index (χ0) is 24.5. The van der Waals surface area contributed by atoms with Crippen LogP contribution >= 0.6 is 22.7 Å². The van der Waals surface area contributed by atoms with Crippen LogP contribution in [0.1, 0.15) is 25.0 Å². The van der Waals surface area contributed by atoms with Gasteiger partial charge in [0, 0.05) is 45.8 Å². The summed E-state index contributed by atoms with van der Waals surface area (Å²) in [4.78, 5) is 0. The third kappa shape index (κ3) is 2.50. The van der Waals surface area contributed by atoms with Gasteiger partial charge in [0.2, 0.25) is 0 Å². The Labute approximate surface area is 223 Å². The third-order valence-corrected chi connectivity index (χ3v) is 10.8. The molecule has 0 radical (unpaired) electrons. The number of fused-ring (bicyclic) bond motifs is 11. The number of hydrogen-bond acceptors (Lipinski definition) is 3. The molecular weight excluding hydrogens is 487 g/mol. The van der Waals surface area contributed by atoms with E-state index in [9.17, 15) is 0 Å². The molecule has 0 amide bonds. The second-order valence-electron chi connectivity index (χ2n) is 10.9. The second kappa shape index (κ2) is 6.83. The number of benzene rings is 5. The summed E-state index contributed by atoms with van der Waals surface area (Å²) in [6.45, 7) is 4.95. The van der Waals surface area contributed by atoms with E-state index in [1.165, 1.54) is 67.9 Å². The van der Waals surface area contributed by atoms with Gasteiger partial charge in [-0.15, -0.1) is 22.7 Å². The largest absolute Gasteiger partial charge is 0.458 e. The summed E-state index contributed by atoms with van der Waals surface area (Å²) in [5, 5.41) is 5.42. The normalized spacial score (nSPS) is 15.1. The average Bonchev–Trinajstić information content (AvgIpc) is 3.46. The van der Waals surface area contributed by atoms with Crippen LogP contribution in [0.4, 0.5) is 0 Å². The molecule has 174 valence electrons. The molecule has 0 N–H and O–H groups in total. The van der Waals surface area contributed by atoms with Gasteiger partial charge in [-0.1, -0.05) is 86.0 Å². The van der Waals surface area contributed by atoms with E-state index in [1.807, 2.05) is 22.7 Å². The van der Waals surface area contributed by atoms with Gasteiger partial charge in [-0.3, -0.25) is 0 Å². The van der Waals surface area contributed by atoms with E-state index in [2.05, 4.69) is 105 Å². The van der Waals surface area contributed by atoms with E-state index in [0.29, 0.717) is 0 Å². The predicted molar refractivity (Wildman–Crippen MR) is 162 cm³/mol. The fourth-order valence-corrected chi connectivity index (χ4v) is 9.29. The van der Waals surface area contributed by atoms with Gasteiger partial charge in [0.25, 0.3) is 6.71 Å². The van der Waals surface area contributed by atoms with Crippen LogP contribution in [0.15, 0.2) is 91.0 Å². The zero-order valence-electron chi connectivity index (χ0n) is 20.5. The summed E-state index contributed by atoms with van der Waals surface area (Å²) in [7, 11) is 0. The standard InChI is InChI=1S/C33H21BOS2/c1-33(2)21-11-5-6-12-22(21)34-23-15-20-18-9-3-7-13-26(18)36-28(20)16-24(23)35-25-17-29-30(31(33)32(25)34)19-10-4-8-14-27(19)37-29/h3-17H,1-2H3. The fraction of sp³-hybridized carbons (Fsp3) is 0.0909. The Morgan fingerprint density at radius 2 is 1.30 bits per heavy atom. The number of ether oxygens (including phenoxy) is 1. The van der Waals surface area contributed by atoms with E-state index in [-0.39, 0.29) is 12.1 Å². The Hall–Kier alpha value is -3.60. The van der Waals surface area contributed by atoms with Crippen molar-refractivity contribution in [3.05, 3.63) is 102 Å². The van der Waals surface area contributed by atoms with Crippen molar-refractivity contribution >= 4 is 86.1 Å². The van der Waals surface area contributed by atoms with Gasteiger partial charge in [0.05, 0.1) is 0 Å². The van der Waals surface area contributed by atoms with E-state index >= 15 is 0 Å². The minimum atomic E-state index is -0.138. The monoisotopic (exact) mass is 508 g/mol. The first-order valence-electron chi connectivity index (χ1n) is 12.8. The summed E-state index contributed by atoms with van der Waals surface area (Å²) in [5.41, 5.74) is 6.76. The van der Waals surface area contributed by atoms with E-state index < -0.39 is 0 Å². The van der Waals surface area contributed by atoms with Gasteiger partial charge in [-0.2, -0.15) is 0 Å². The maximum absolute atomic E-state index is 6.85. The van der Waals surface area contributed by atoms with E-state index in [0.717, 1.165) is 11.5 Å². The van der Waals surface area contributed by atoms with Crippen LogP contribution in [0, 0.1) is 0 Å². The number of hydrogen-bond donors (Lipinski definition) is 0. The molecule has 9 rings (SSSR count). The minimum absolute atomic E-state index is 0.138. The lowest BCUT2D eigenvalue weighted by atomic mass is 9.30. The highest BCUT2D eigenvalue weighted by Gasteiger charge is 2.46. The molecule has 2 aromatic heterocycles. The summed E-state index contributed by atoms with van der Waals surface area (Å²) >= 11 is 3.73. The Kier molecular flexibility index (Phi) is 3.78. The topological polar surface area (TPSA) is 9.23 Å². The van der Waals surface area contributed by atoms with Crippen molar-refractivity contribution < 1.29 is 4.74 Å². The second-order valence-corrected chi connectivity index (χ2v) is 13.0. The molecular formula is C33H21BOS2. The van der Waals surface area contributed by atoms with Gasteiger partial charge < -0.3 is 4.74 Å². The molecule has 5 aromatic carbocycles. The number of thiophene rings is 2. The first-order valence-corrected chi connectivity index (χ1v) is 14.4. The van der Waals surface area contributed by atoms with E-state index in [4.69, 9.17) is 4.74 Å². The van der Waals surface area contributed by atoms with Crippen molar-refractivity contribution in [2.45, 2.75) is 19.3 Å². The van der Waals surface area contributed by atoms with Crippen molar-refractivity contribution in [3.63, 3.8) is 0 Å². The molecule has 4 heteroatoms. The Bertz CT molecular complexity index is 2110. The summed E-state index contributed by atoms with van der Waals surface area (Å²) in [5.74, 6) is 2.02. The summed E-state index contributed by atoms with van der Waals surface area (Å²) in [6, 6.07) is 33.7. The zero-order valence-corrected chi connectivity index (χ0v) is 22.1. The van der Waals surface area contributed by atoms with Crippen molar-refractivity contribution in [3.8, 4) is 11.5 Å². The van der Waals surface area contributed by atoms with Gasteiger partial charge in [0.1, 0.15) is 11.5 Å². The van der Waals surface area contributed by atoms with Crippen molar-refractivity contribution in [2.24, 2.45) is 0 Å². The summed E-state index contributed by atoms with van der Waals surface area (Å²) in [6.07, 6.45) is 0. The quantitative estimate of drug-likeness (QED) is 0.191. The molecule has 0 aliphatic carbocycles. The third-order valence-electron chi connectivity index (χ3n) is 8.57. The molecule has 0 bridgehead atoms. The van der Waals surface area contributed by atoms with Crippen LogP contribution in [0.25, 0.3) is 40.3 Å². The van der Waals surface area contributed by atoms with Crippen molar-refractivity contribution in [2.75, 3.05) is 0 Å². The van der Waals surface area contributed by atoms with Gasteiger partial charge in [-0.25, -0.2) is 0 Å². The molecule has 7 aromatic rings. The molecule has 1 nitrogen and oxygen atoms in total. The lowest BCUT2D eigenvalue weighted by Gasteiger charge is -2.42. The van der Waals surface area contributed by atoms with Crippen LogP contribution in [0.3, 0.4) is 0 Å². The van der Waals surface area contributed by atoms with Crippen molar-refractivity contribution in [1.29, 1.82) is 0 Å². The van der Waals surface area contributed by atoms with E-state index in [1.54, 1.807) is 0 Å². The lowest BCUT2D eigenvalue weighted by molar-refractivity contribution is 0.486. The Morgan fingerprint density at radius 1 is 0.622 bits per heavy atom. The maximum atomic E-state index is 6.85. The fourth-order valence-electron chi connectivity index (χ4n) is 7.03. The Morgan fingerprint density at radius 3 is 2.16 bits per heavy atom. The SMILES string of the molecule is CC1(C)c2ccccc2B2c3cc4c(cc3Oc3cc5sc6ccccc6c5c1c32)sc1ccccc14. The molecule has 37 heavy (non-hydrogen) atoms. The van der Waals surface area contributed by atoms with Crippen LogP contribution in [-0.2, 0) is 5.41 Å². The maximum Gasteiger partial charge on any atom is 0.251 e. The van der Waals surface area contributed by atoms with Gasteiger partial charge in [0.15, 0.2) is 0 Å². The molecule has 2 aliphatic rings.